The molecule has 24 heavy (non-hydrogen) atoms. The molecule has 3 fully saturated rings. The standard InChI is InChI=1S/C23H42O/c1-3-5-7-15-24-21-12-14-23-20(17-21)11-10-19-16-18(8-6-4-2)9-13-22(19)23/h18-23H,3-17H2,1-2H3. The molecule has 6 unspecified atom stereocenters. The SMILES string of the molecule is CCCCCOC1CCC2C(CCC3CC(CCCC)CCC32)C1. The highest BCUT2D eigenvalue weighted by atomic mass is 16.5. The summed E-state index contributed by atoms with van der Waals surface area (Å²) < 4.78 is 6.23. The van der Waals surface area contributed by atoms with E-state index in [0.29, 0.717) is 6.10 Å². The first-order valence-corrected chi connectivity index (χ1v) is 11.4. The van der Waals surface area contributed by atoms with Crippen molar-refractivity contribution in [3.8, 4) is 0 Å². The minimum Gasteiger partial charge on any atom is -0.378 e. The van der Waals surface area contributed by atoms with Crippen molar-refractivity contribution in [2.75, 3.05) is 6.61 Å². The molecule has 3 saturated carbocycles. The third kappa shape index (κ3) is 4.77. The van der Waals surface area contributed by atoms with E-state index in [-0.39, 0.29) is 0 Å². The van der Waals surface area contributed by atoms with Gasteiger partial charge in [-0.15, -0.1) is 0 Å². The summed E-state index contributed by atoms with van der Waals surface area (Å²) in [5, 5.41) is 0. The van der Waals surface area contributed by atoms with Gasteiger partial charge < -0.3 is 4.74 Å². The zero-order valence-electron chi connectivity index (χ0n) is 16.5. The van der Waals surface area contributed by atoms with E-state index < -0.39 is 0 Å². The lowest BCUT2D eigenvalue weighted by Gasteiger charge is -2.50. The Morgan fingerprint density at radius 3 is 2.17 bits per heavy atom. The topological polar surface area (TPSA) is 9.23 Å². The van der Waals surface area contributed by atoms with Crippen molar-refractivity contribution in [2.24, 2.45) is 29.6 Å². The molecular formula is C23H42O. The minimum absolute atomic E-state index is 0.598. The fraction of sp³-hybridized carbons (Fsp3) is 1.00. The molecule has 0 bridgehead atoms. The Balaban J connectivity index is 1.44. The zero-order chi connectivity index (χ0) is 16.8. The Kier molecular flexibility index (Phi) is 7.50. The third-order valence-electron chi connectivity index (χ3n) is 7.67. The van der Waals surface area contributed by atoms with Crippen LogP contribution in [0.1, 0.15) is 104 Å². The van der Waals surface area contributed by atoms with Crippen molar-refractivity contribution in [2.45, 2.75) is 110 Å². The van der Waals surface area contributed by atoms with Crippen molar-refractivity contribution < 1.29 is 4.74 Å². The van der Waals surface area contributed by atoms with Crippen LogP contribution in [0.25, 0.3) is 0 Å². The number of rotatable bonds is 8. The summed E-state index contributed by atoms with van der Waals surface area (Å²) in [6.45, 7) is 5.64. The molecule has 0 amide bonds. The summed E-state index contributed by atoms with van der Waals surface area (Å²) in [7, 11) is 0. The van der Waals surface area contributed by atoms with Crippen LogP contribution < -0.4 is 0 Å². The number of unbranched alkanes of at least 4 members (excludes halogenated alkanes) is 3. The summed E-state index contributed by atoms with van der Waals surface area (Å²) in [6.07, 6.45) is 20.8. The van der Waals surface area contributed by atoms with Gasteiger partial charge in [0.05, 0.1) is 6.10 Å². The van der Waals surface area contributed by atoms with Crippen molar-refractivity contribution in [1.29, 1.82) is 0 Å². The Bertz CT molecular complexity index is 352. The Morgan fingerprint density at radius 1 is 0.708 bits per heavy atom. The Morgan fingerprint density at radius 2 is 1.42 bits per heavy atom. The van der Waals surface area contributed by atoms with Crippen LogP contribution in [0.2, 0.25) is 0 Å². The summed E-state index contributed by atoms with van der Waals surface area (Å²) in [5.74, 6) is 5.31. The maximum atomic E-state index is 6.23. The first kappa shape index (κ1) is 18.7. The van der Waals surface area contributed by atoms with Gasteiger partial charge in [0.1, 0.15) is 0 Å². The molecule has 0 aromatic carbocycles. The maximum absolute atomic E-state index is 6.23. The number of fused-ring (bicyclic) bond motifs is 3. The minimum atomic E-state index is 0.598. The first-order valence-electron chi connectivity index (χ1n) is 11.4. The molecule has 1 nitrogen and oxygen atoms in total. The van der Waals surface area contributed by atoms with E-state index in [1.807, 2.05) is 0 Å². The molecule has 0 heterocycles. The van der Waals surface area contributed by atoms with Crippen LogP contribution in [0.15, 0.2) is 0 Å². The first-order chi connectivity index (χ1) is 11.8. The summed E-state index contributed by atoms with van der Waals surface area (Å²) in [4.78, 5) is 0. The van der Waals surface area contributed by atoms with Gasteiger partial charge in [-0.2, -0.15) is 0 Å². The van der Waals surface area contributed by atoms with Gasteiger partial charge in [0.2, 0.25) is 0 Å². The van der Waals surface area contributed by atoms with Gasteiger partial charge in [-0.25, -0.2) is 0 Å². The zero-order valence-corrected chi connectivity index (χ0v) is 16.5. The molecule has 0 spiro atoms. The van der Waals surface area contributed by atoms with Crippen molar-refractivity contribution >= 4 is 0 Å². The molecule has 0 aromatic heterocycles. The predicted molar refractivity (Wildman–Crippen MR) is 103 cm³/mol. The van der Waals surface area contributed by atoms with E-state index in [9.17, 15) is 0 Å². The normalized spacial score (nSPS) is 39.2. The number of hydrogen-bond donors (Lipinski definition) is 0. The molecule has 3 aliphatic rings. The highest BCUT2D eigenvalue weighted by Crippen LogP contribution is 2.53. The summed E-state index contributed by atoms with van der Waals surface area (Å²) >= 11 is 0. The van der Waals surface area contributed by atoms with Gasteiger partial charge in [-0.05, 0) is 81.0 Å². The van der Waals surface area contributed by atoms with Crippen LogP contribution in [0.3, 0.4) is 0 Å². The molecule has 0 aliphatic heterocycles. The van der Waals surface area contributed by atoms with Crippen molar-refractivity contribution in [3.63, 3.8) is 0 Å². The molecule has 0 radical (unpaired) electrons. The van der Waals surface area contributed by atoms with Crippen LogP contribution in [0, 0.1) is 29.6 Å². The summed E-state index contributed by atoms with van der Waals surface area (Å²) in [6, 6.07) is 0. The second-order valence-electron chi connectivity index (χ2n) is 9.26. The van der Waals surface area contributed by atoms with Gasteiger partial charge in [0, 0.05) is 6.61 Å². The molecule has 3 rings (SSSR count). The number of ether oxygens (including phenoxy) is 1. The van der Waals surface area contributed by atoms with Crippen LogP contribution in [-0.4, -0.2) is 12.7 Å². The van der Waals surface area contributed by atoms with E-state index in [1.165, 1.54) is 70.6 Å². The molecule has 140 valence electrons. The predicted octanol–water partition coefficient (Wildman–Crippen LogP) is 6.99. The smallest absolute Gasteiger partial charge is 0.0578 e. The molecule has 6 atom stereocenters. The molecular weight excluding hydrogens is 292 g/mol. The maximum Gasteiger partial charge on any atom is 0.0578 e. The second kappa shape index (κ2) is 9.60. The highest BCUT2D eigenvalue weighted by Gasteiger charge is 2.44. The van der Waals surface area contributed by atoms with Crippen LogP contribution in [-0.2, 0) is 4.74 Å². The van der Waals surface area contributed by atoms with Crippen LogP contribution in [0.5, 0.6) is 0 Å². The van der Waals surface area contributed by atoms with Crippen molar-refractivity contribution in [3.05, 3.63) is 0 Å². The van der Waals surface area contributed by atoms with E-state index in [0.717, 1.165) is 36.2 Å². The van der Waals surface area contributed by atoms with E-state index in [1.54, 1.807) is 19.3 Å². The van der Waals surface area contributed by atoms with Crippen molar-refractivity contribution in [1.82, 2.24) is 0 Å². The van der Waals surface area contributed by atoms with Gasteiger partial charge in [-0.3, -0.25) is 0 Å². The monoisotopic (exact) mass is 334 g/mol. The molecule has 1 heteroatoms. The molecule has 0 N–H and O–H groups in total. The van der Waals surface area contributed by atoms with Gasteiger partial charge in [-0.1, -0.05) is 52.4 Å². The molecule has 0 aromatic rings. The molecule has 3 aliphatic carbocycles. The average Bonchev–Trinajstić information content (AvgIpc) is 2.63. The lowest BCUT2D eigenvalue weighted by atomic mass is 9.56. The highest BCUT2D eigenvalue weighted by molar-refractivity contribution is 4.94. The van der Waals surface area contributed by atoms with Crippen LogP contribution >= 0.6 is 0 Å². The molecule has 0 saturated heterocycles. The number of hydrogen-bond acceptors (Lipinski definition) is 1. The van der Waals surface area contributed by atoms with Gasteiger partial charge >= 0.3 is 0 Å². The van der Waals surface area contributed by atoms with Crippen LogP contribution in [0.4, 0.5) is 0 Å². The van der Waals surface area contributed by atoms with Gasteiger partial charge in [0.15, 0.2) is 0 Å². The Labute approximate surface area is 151 Å². The lowest BCUT2D eigenvalue weighted by molar-refractivity contribution is -0.0538. The van der Waals surface area contributed by atoms with E-state index in [4.69, 9.17) is 4.74 Å². The lowest BCUT2D eigenvalue weighted by Crippen LogP contribution is -2.42. The fourth-order valence-electron chi connectivity index (χ4n) is 6.36. The Hall–Kier alpha value is -0.0400. The second-order valence-corrected chi connectivity index (χ2v) is 9.26. The largest absolute Gasteiger partial charge is 0.378 e. The average molecular weight is 335 g/mol. The van der Waals surface area contributed by atoms with E-state index in [2.05, 4.69) is 13.8 Å². The summed E-state index contributed by atoms with van der Waals surface area (Å²) in [5.41, 5.74) is 0. The quantitative estimate of drug-likeness (QED) is 0.434. The third-order valence-corrected chi connectivity index (χ3v) is 7.67. The van der Waals surface area contributed by atoms with E-state index >= 15 is 0 Å². The van der Waals surface area contributed by atoms with Gasteiger partial charge in [0.25, 0.3) is 0 Å². The fourth-order valence-corrected chi connectivity index (χ4v) is 6.36.